The molecule has 0 aliphatic rings. The minimum Gasteiger partial charge on any atom is -0.412 e. The Labute approximate surface area is 213 Å². The minimum absolute atomic E-state index is 0. The summed E-state index contributed by atoms with van der Waals surface area (Å²) in [6.45, 7) is 8.75. The van der Waals surface area contributed by atoms with E-state index in [2.05, 4.69) is 23.8 Å². The van der Waals surface area contributed by atoms with Crippen LogP contribution in [0.3, 0.4) is 0 Å². The Balaban J connectivity index is 0.000000483. The summed E-state index contributed by atoms with van der Waals surface area (Å²) in [6, 6.07) is 16.1. The summed E-state index contributed by atoms with van der Waals surface area (Å²) in [5.41, 5.74) is 4.56. The molecule has 2 nitrogen and oxygen atoms in total. The SMILES string of the molecule is C=Cc1ccc(CNC(=S)[S-])cc1.C=Cc1ccc(CNC(=S)[S-])cc1.[Ca+2]. The van der Waals surface area contributed by atoms with Crippen LogP contribution in [0.15, 0.2) is 61.7 Å². The van der Waals surface area contributed by atoms with Crippen molar-refractivity contribution in [3.8, 4) is 0 Å². The van der Waals surface area contributed by atoms with Crippen LogP contribution in [-0.2, 0) is 38.3 Å². The van der Waals surface area contributed by atoms with E-state index in [9.17, 15) is 0 Å². The molecule has 0 unspecified atom stereocenters. The monoisotopic (exact) mass is 456 g/mol. The molecule has 0 aliphatic heterocycles. The average molecular weight is 457 g/mol. The first-order valence-electron chi connectivity index (χ1n) is 7.77. The molecule has 0 amide bonds. The van der Waals surface area contributed by atoms with E-state index in [1.807, 2.05) is 60.7 Å². The standard InChI is InChI=1S/2C10H11NS2.Ca/c2*1-2-8-3-5-9(6-4-8)7-11-10(12)13;/h2*2-6H,1,7H2,(H2,11,12,13);/q;;+2/p-2. The molecule has 0 atom stereocenters. The van der Waals surface area contributed by atoms with Gasteiger partial charge in [0.25, 0.3) is 0 Å². The van der Waals surface area contributed by atoms with Crippen LogP contribution in [-0.4, -0.2) is 46.4 Å². The van der Waals surface area contributed by atoms with Gasteiger partial charge < -0.3 is 60.3 Å². The summed E-state index contributed by atoms with van der Waals surface area (Å²) < 4.78 is 0.820. The summed E-state index contributed by atoms with van der Waals surface area (Å²) in [4.78, 5) is 0. The fourth-order valence-corrected chi connectivity index (χ4v) is 2.18. The average Bonchev–Trinajstić information content (AvgIpc) is 2.66. The van der Waals surface area contributed by atoms with Crippen LogP contribution in [0, 0.1) is 0 Å². The third-order valence-corrected chi connectivity index (χ3v) is 3.88. The molecule has 0 saturated carbocycles. The van der Waals surface area contributed by atoms with Gasteiger partial charge in [-0.3, -0.25) is 0 Å². The minimum atomic E-state index is 0. The molecule has 0 bridgehead atoms. The van der Waals surface area contributed by atoms with E-state index in [0.29, 0.717) is 21.7 Å². The molecule has 2 aromatic carbocycles. The third-order valence-electron chi connectivity index (χ3n) is 3.30. The van der Waals surface area contributed by atoms with Gasteiger partial charge in [0, 0.05) is 13.1 Å². The zero-order valence-corrected chi connectivity index (χ0v) is 20.4. The second-order valence-corrected chi connectivity index (χ2v) is 7.32. The van der Waals surface area contributed by atoms with Crippen LogP contribution in [0.5, 0.6) is 0 Å². The molecule has 0 aliphatic carbocycles. The topological polar surface area (TPSA) is 24.1 Å². The molecule has 0 saturated heterocycles. The van der Waals surface area contributed by atoms with E-state index in [0.717, 1.165) is 22.3 Å². The molecule has 0 fully saturated rings. The smallest absolute Gasteiger partial charge is 0.412 e. The number of benzene rings is 2. The molecule has 0 radical (unpaired) electrons. The summed E-state index contributed by atoms with van der Waals surface area (Å²) in [5.74, 6) is 0. The normalized spacial score (nSPS) is 8.89. The zero-order chi connectivity index (χ0) is 19.4. The van der Waals surface area contributed by atoms with Crippen molar-refractivity contribution in [3.05, 3.63) is 83.9 Å². The van der Waals surface area contributed by atoms with Gasteiger partial charge in [0.1, 0.15) is 0 Å². The maximum absolute atomic E-state index is 4.73. The predicted octanol–water partition coefficient (Wildman–Crippen LogP) is 4.12. The van der Waals surface area contributed by atoms with Crippen LogP contribution in [0.2, 0.25) is 0 Å². The van der Waals surface area contributed by atoms with Gasteiger partial charge in [0.15, 0.2) is 0 Å². The van der Waals surface area contributed by atoms with Crippen molar-refractivity contribution in [2.24, 2.45) is 0 Å². The van der Waals surface area contributed by atoms with E-state index in [-0.39, 0.29) is 37.7 Å². The summed E-state index contributed by atoms with van der Waals surface area (Å²) >= 11 is 18.9. The maximum Gasteiger partial charge on any atom is 2.00 e. The van der Waals surface area contributed by atoms with Gasteiger partial charge in [0.05, 0.1) is 0 Å². The van der Waals surface area contributed by atoms with Crippen LogP contribution in [0.1, 0.15) is 22.3 Å². The Morgan fingerprint density at radius 1 is 0.741 bits per heavy atom. The quantitative estimate of drug-likeness (QED) is 0.385. The molecule has 0 spiro atoms. The van der Waals surface area contributed by atoms with Crippen molar-refractivity contribution < 1.29 is 0 Å². The van der Waals surface area contributed by atoms with Gasteiger partial charge >= 0.3 is 37.7 Å². The van der Waals surface area contributed by atoms with Gasteiger partial charge in [-0.25, -0.2) is 0 Å². The summed E-state index contributed by atoms with van der Waals surface area (Å²) in [7, 11) is 0. The fraction of sp³-hybridized carbons (Fsp3) is 0.100. The first-order valence-corrected chi connectivity index (χ1v) is 9.40. The summed E-state index contributed by atoms with van der Waals surface area (Å²) in [6.07, 6.45) is 3.63. The fourth-order valence-electron chi connectivity index (χ4n) is 1.89. The van der Waals surface area contributed by atoms with Gasteiger partial charge in [-0.15, -0.1) is 0 Å². The molecule has 7 heteroatoms. The van der Waals surface area contributed by atoms with Crippen molar-refractivity contribution in [3.63, 3.8) is 0 Å². The van der Waals surface area contributed by atoms with E-state index in [4.69, 9.17) is 49.7 Å². The van der Waals surface area contributed by atoms with Crippen LogP contribution < -0.4 is 10.6 Å². The Hall–Kier alpha value is -0.600. The predicted molar refractivity (Wildman–Crippen MR) is 132 cm³/mol. The van der Waals surface area contributed by atoms with Gasteiger partial charge in [-0.1, -0.05) is 82.5 Å². The van der Waals surface area contributed by atoms with Crippen LogP contribution >= 0.6 is 24.4 Å². The molecule has 2 rings (SSSR count). The molecular weight excluding hydrogens is 437 g/mol. The maximum atomic E-state index is 4.73. The molecule has 2 N–H and O–H groups in total. The second-order valence-electron chi connectivity index (χ2n) is 5.17. The van der Waals surface area contributed by atoms with Gasteiger partial charge in [-0.05, 0) is 22.3 Å². The molecule has 0 aromatic heterocycles. The van der Waals surface area contributed by atoms with E-state index in [1.54, 1.807) is 0 Å². The largest absolute Gasteiger partial charge is 2.00 e. The van der Waals surface area contributed by atoms with Crippen LogP contribution in [0.25, 0.3) is 12.2 Å². The third kappa shape index (κ3) is 12.5. The second kappa shape index (κ2) is 15.3. The van der Waals surface area contributed by atoms with E-state index >= 15 is 0 Å². The Kier molecular flexibility index (Phi) is 15.0. The number of hydrogen-bond donors (Lipinski definition) is 2. The summed E-state index contributed by atoms with van der Waals surface area (Å²) in [5, 5.41) is 5.84. The Morgan fingerprint density at radius 3 is 1.26 bits per heavy atom. The van der Waals surface area contributed by atoms with Crippen molar-refractivity contribution in [1.29, 1.82) is 0 Å². The molecular formula is C20H20CaN2S4. The molecule has 2 aromatic rings. The number of hydrogen-bond acceptors (Lipinski definition) is 4. The molecule has 136 valence electrons. The first-order chi connectivity index (χ1) is 12.4. The Morgan fingerprint density at radius 2 is 1.04 bits per heavy atom. The number of rotatable bonds is 6. The van der Waals surface area contributed by atoms with Crippen LogP contribution in [0.4, 0.5) is 0 Å². The van der Waals surface area contributed by atoms with Crippen molar-refractivity contribution in [2.45, 2.75) is 13.1 Å². The molecule has 0 heterocycles. The number of nitrogens with one attached hydrogen (secondary N) is 2. The van der Waals surface area contributed by atoms with Crippen molar-refractivity contribution in [1.82, 2.24) is 10.6 Å². The van der Waals surface area contributed by atoms with E-state index in [1.165, 1.54) is 0 Å². The molecule has 27 heavy (non-hydrogen) atoms. The van der Waals surface area contributed by atoms with Crippen molar-refractivity contribution >= 4 is 108 Å². The van der Waals surface area contributed by atoms with E-state index < -0.39 is 0 Å². The zero-order valence-electron chi connectivity index (χ0n) is 14.9. The first kappa shape index (κ1) is 26.4. The number of thiocarbonyl (C=S) groups is 2. The van der Waals surface area contributed by atoms with Gasteiger partial charge in [-0.2, -0.15) is 0 Å². The van der Waals surface area contributed by atoms with Gasteiger partial charge in [0.2, 0.25) is 0 Å². The Bertz CT molecular complexity index is 678. The van der Waals surface area contributed by atoms with Crippen molar-refractivity contribution in [2.75, 3.05) is 0 Å².